The van der Waals surface area contributed by atoms with Crippen LogP contribution in [0.1, 0.15) is 59.3 Å². The van der Waals surface area contributed by atoms with E-state index < -0.39 is 0 Å². The van der Waals surface area contributed by atoms with Crippen LogP contribution in [0.15, 0.2) is 0 Å². The third kappa shape index (κ3) is 7.15. The predicted octanol–water partition coefficient (Wildman–Crippen LogP) is 3.05. The van der Waals surface area contributed by atoms with Crippen molar-refractivity contribution in [2.75, 3.05) is 26.2 Å². The molecule has 2 aliphatic heterocycles. The number of piperidine rings is 2. The summed E-state index contributed by atoms with van der Waals surface area (Å²) in [4.78, 5) is 13.2. The summed E-state index contributed by atoms with van der Waals surface area (Å²) in [5, 5.41) is 3.43. The molecule has 2 aliphatic rings. The van der Waals surface area contributed by atoms with E-state index in [-0.39, 0.29) is 24.5 Å². The van der Waals surface area contributed by atoms with Gasteiger partial charge in [-0.05, 0) is 50.6 Å². The van der Waals surface area contributed by atoms with E-state index >= 15 is 0 Å². The van der Waals surface area contributed by atoms with Gasteiger partial charge < -0.3 is 10.2 Å². The molecule has 2 fully saturated rings. The summed E-state index contributed by atoms with van der Waals surface area (Å²) in [6, 6.07) is 0. The van der Waals surface area contributed by atoms with E-state index in [4.69, 9.17) is 0 Å². The molecule has 0 spiro atoms. The first-order valence-corrected chi connectivity index (χ1v) is 8.22. The molecule has 0 aromatic heterocycles. The molecule has 1 amide bonds. The van der Waals surface area contributed by atoms with Gasteiger partial charge in [0.2, 0.25) is 5.91 Å². The van der Waals surface area contributed by atoms with Crippen molar-refractivity contribution < 1.29 is 23.4 Å². The van der Waals surface area contributed by atoms with E-state index in [1.807, 2.05) is 18.7 Å². The Hall–Kier alpha value is 0.0144. The van der Waals surface area contributed by atoms with Crippen LogP contribution in [0.25, 0.3) is 0 Å². The summed E-state index contributed by atoms with van der Waals surface area (Å²) < 4.78 is 0. The number of likely N-dealkylation sites (tertiary alicyclic amines) is 1. The Morgan fingerprint density at radius 2 is 1.45 bits per heavy atom. The van der Waals surface area contributed by atoms with Crippen LogP contribution in [0, 0.1) is 11.8 Å². The number of carbonyl (C=O) groups excluding carboxylic acids is 1. The Bertz CT molecular complexity index is 247. The van der Waals surface area contributed by atoms with Gasteiger partial charge in [-0.1, -0.05) is 26.7 Å². The number of nitrogens with zero attached hydrogens (tertiary/aromatic N) is 1. The van der Waals surface area contributed by atoms with Crippen LogP contribution in [-0.4, -0.2) is 37.0 Å². The third-order valence-electron chi connectivity index (χ3n) is 4.50. The Kier molecular flexibility index (Phi) is 11.7. The van der Waals surface area contributed by atoms with Crippen LogP contribution in [0.2, 0.25) is 0 Å². The van der Waals surface area contributed by atoms with Crippen molar-refractivity contribution in [3.05, 3.63) is 0 Å². The first kappa shape index (κ1) is 20.0. The van der Waals surface area contributed by atoms with E-state index in [1.54, 1.807) is 6.92 Å². The molecule has 0 aromatic rings. The number of amides is 1. The molecular weight excluding hydrogens is 287 g/mol. The molecule has 20 heavy (non-hydrogen) atoms. The van der Waals surface area contributed by atoms with Crippen LogP contribution in [0.5, 0.6) is 0 Å². The average molecular weight is 319 g/mol. The van der Waals surface area contributed by atoms with Crippen molar-refractivity contribution in [1.82, 2.24) is 10.2 Å². The van der Waals surface area contributed by atoms with Crippen LogP contribution in [0.4, 0.5) is 0 Å². The molecule has 117 valence electrons. The molecule has 4 heteroatoms. The fraction of sp³-hybridized carbons (Fsp3) is 0.938. The summed E-state index contributed by atoms with van der Waals surface area (Å²) >= 11 is 0. The fourth-order valence-corrected chi connectivity index (χ4v) is 3.18. The molecule has 1 radical (unpaired) electrons. The van der Waals surface area contributed by atoms with Gasteiger partial charge in [-0.2, -0.15) is 0 Å². The number of carbonyl (C=O) groups is 1. The normalized spacial score (nSPS) is 20.6. The minimum atomic E-state index is 0. The van der Waals surface area contributed by atoms with Gasteiger partial charge >= 0.3 is 0 Å². The van der Waals surface area contributed by atoms with E-state index in [1.165, 1.54) is 51.6 Å². The maximum absolute atomic E-state index is 11.2. The van der Waals surface area contributed by atoms with Gasteiger partial charge in [-0.3, -0.25) is 4.79 Å². The van der Waals surface area contributed by atoms with Crippen LogP contribution < -0.4 is 5.32 Å². The van der Waals surface area contributed by atoms with Gasteiger partial charge in [0.05, 0.1) is 0 Å². The molecule has 0 saturated carbocycles. The zero-order valence-corrected chi connectivity index (χ0v) is 14.9. The molecule has 0 aliphatic carbocycles. The molecule has 0 unspecified atom stereocenters. The molecule has 2 rings (SSSR count). The van der Waals surface area contributed by atoms with E-state index in [2.05, 4.69) is 5.32 Å². The Balaban J connectivity index is 0.00000115. The van der Waals surface area contributed by atoms with E-state index in [0.717, 1.165) is 24.9 Å². The van der Waals surface area contributed by atoms with Crippen LogP contribution in [-0.2, 0) is 23.4 Å². The van der Waals surface area contributed by atoms with Gasteiger partial charge in [0.1, 0.15) is 0 Å². The predicted molar refractivity (Wildman–Crippen MR) is 81.2 cm³/mol. The van der Waals surface area contributed by atoms with Crippen molar-refractivity contribution in [3.8, 4) is 0 Å². The number of hydrogen-bond acceptors (Lipinski definition) is 2. The molecule has 2 saturated heterocycles. The largest absolute Gasteiger partial charge is 0.343 e. The monoisotopic (exact) mass is 319 g/mol. The second-order valence-corrected chi connectivity index (χ2v) is 5.72. The number of nitrogens with one attached hydrogen (secondary N) is 1. The number of hydrogen-bond donors (Lipinski definition) is 1. The van der Waals surface area contributed by atoms with Crippen molar-refractivity contribution >= 4 is 5.91 Å². The Morgan fingerprint density at radius 3 is 1.90 bits per heavy atom. The zero-order chi connectivity index (χ0) is 14.1. The van der Waals surface area contributed by atoms with Gasteiger partial charge in [-0.25, -0.2) is 0 Å². The molecule has 0 atom stereocenters. The fourth-order valence-electron chi connectivity index (χ4n) is 3.18. The first-order chi connectivity index (χ1) is 9.25. The molecular formula is C16H32N2OV. The standard InChI is InChI=1S/C14H26N2O.C2H6.V/c1-12(17)16-10-6-14(7-11-16)3-2-13-4-8-15-9-5-13;1-2;/h13-15H,2-11H2,1H3;1-2H3;. The van der Waals surface area contributed by atoms with Gasteiger partial charge in [0, 0.05) is 38.6 Å². The minimum Gasteiger partial charge on any atom is -0.343 e. The smallest absolute Gasteiger partial charge is 0.219 e. The Labute approximate surface area is 137 Å². The van der Waals surface area contributed by atoms with Crippen molar-refractivity contribution in [1.29, 1.82) is 0 Å². The molecule has 1 N–H and O–H groups in total. The minimum absolute atomic E-state index is 0. The first-order valence-electron chi connectivity index (χ1n) is 8.22. The van der Waals surface area contributed by atoms with Gasteiger partial charge in [0.25, 0.3) is 0 Å². The molecule has 3 nitrogen and oxygen atoms in total. The average Bonchev–Trinajstić information content (AvgIpc) is 2.49. The maximum atomic E-state index is 11.2. The third-order valence-corrected chi connectivity index (χ3v) is 4.50. The molecule has 0 bridgehead atoms. The maximum Gasteiger partial charge on any atom is 0.219 e. The summed E-state index contributed by atoms with van der Waals surface area (Å²) in [6.45, 7) is 10.1. The Morgan fingerprint density at radius 1 is 1.00 bits per heavy atom. The van der Waals surface area contributed by atoms with Crippen LogP contribution in [0.3, 0.4) is 0 Å². The SMILES string of the molecule is CC.CC(=O)N1CCC(CCC2CCNCC2)CC1.[V]. The molecule has 2 heterocycles. The van der Waals surface area contributed by atoms with E-state index in [9.17, 15) is 4.79 Å². The summed E-state index contributed by atoms with van der Waals surface area (Å²) in [5.74, 6) is 2.09. The van der Waals surface area contributed by atoms with Gasteiger partial charge in [0.15, 0.2) is 0 Å². The summed E-state index contributed by atoms with van der Waals surface area (Å²) in [5.41, 5.74) is 0. The topological polar surface area (TPSA) is 32.3 Å². The van der Waals surface area contributed by atoms with Crippen LogP contribution >= 0.6 is 0 Å². The summed E-state index contributed by atoms with van der Waals surface area (Å²) in [6.07, 6.45) is 7.98. The number of rotatable bonds is 3. The second-order valence-electron chi connectivity index (χ2n) is 5.72. The van der Waals surface area contributed by atoms with Crippen molar-refractivity contribution in [3.63, 3.8) is 0 Å². The van der Waals surface area contributed by atoms with Gasteiger partial charge in [-0.15, -0.1) is 0 Å². The summed E-state index contributed by atoms with van der Waals surface area (Å²) in [7, 11) is 0. The van der Waals surface area contributed by atoms with E-state index in [0.29, 0.717) is 0 Å². The quantitative estimate of drug-likeness (QED) is 0.867. The second kappa shape index (κ2) is 11.6. The molecule has 0 aromatic carbocycles. The zero-order valence-electron chi connectivity index (χ0n) is 13.5. The van der Waals surface area contributed by atoms with Crippen molar-refractivity contribution in [2.24, 2.45) is 11.8 Å². The van der Waals surface area contributed by atoms with Crippen molar-refractivity contribution in [2.45, 2.75) is 59.3 Å².